The number of hydrogen-bond acceptors (Lipinski definition) is 6. The number of carboxylic acid groups (broad SMARTS) is 1. The zero-order valence-electron chi connectivity index (χ0n) is 10.6. The van der Waals surface area contributed by atoms with Crippen LogP contribution in [0, 0.1) is 17.3 Å². The number of hydrogen-bond donors (Lipinski definition) is 2. The average Bonchev–Trinajstić information content (AvgIpc) is 3.08. The van der Waals surface area contributed by atoms with Crippen LogP contribution >= 0.6 is 22.6 Å². The third kappa shape index (κ3) is 1.89. The second-order valence-corrected chi connectivity index (χ2v) is 9.81. The van der Waals surface area contributed by atoms with E-state index in [9.17, 15) is 19.5 Å². The van der Waals surface area contributed by atoms with E-state index >= 15 is 0 Å². The van der Waals surface area contributed by atoms with Crippen molar-refractivity contribution < 1.29 is 50.4 Å². The van der Waals surface area contributed by atoms with Gasteiger partial charge in [-0.2, -0.15) is 0 Å². The summed E-state index contributed by atoms with van der Waals surface area (Å²) in [5.41, 5.74) is -1.40. The predicted molar refractivity (Wildman–Crippen MR) is 70.8 cm³/mol. The molecule has 7 atom stereocenters. The van der Waals surface area contributed by atoms with Crippen molar-refractivity contribution in [1.29, 1.82) is 0 Å². The summed E-state index contributed by atoms with van der Waals surface area (Å²) in [6, 6.07) is 0. The summed E-state index contributed by atoms with van der Waals surface area (Å²) in [7, 11) is 0. The molecule has 2 aliphatic carbocycles. The molecule has 2 bridgehead atoms. The van der Waals surface area contributed by atoms with Crippen LogP contribution in [0.15, 0.2) is 0 Å². The number of aliphatic carboxylic acids is 1. The number of carbonyl (C=O) groups is 3. The summed E-state index contributed by atoms with van der Waals surface area (Å²) in [5.74, 6) is -2.49. The Kier molecular flexibility index (Phi) is 3.20. The predicted octanol–water partition coefficient (Wildman–Crippen LogP) is -3.33. The van der Waals surface area contributed by atoms with Crippen LogP contribution in [0.1, 0.15) is 12.8 Å². The van der Waals surface area contributed by atoms with E-state index in [-0.39, 0.29) is 53.7 Å². The van der Waals surface area contributed by atoms with Crippen LogP contribution in [0.4, 0.5) is 0 Å². The van der Waals surface area contributed by atoms with Crippen LogP contribution in [0.3, 0.4) is 0 Å². The van der Waals surface area contributed by atoms with Gasteiger partial charge in [0.25, 0.3) is 0 Å². The maximum absolute atomic E-state index is 12.1. The fraction of sp³-hybridized carbons (Fsp3) is 0.750. The summed E-state index contributed by atoms with van der Waals surface area (Å²) in [4.78, 5) is 35.6. The van der Waals surface area contributed by atoms with E-state index in [2.05, 4.69) is 26.1 Å². The number of nitrogens with one attached hydrogen (secondary N) is 1. The molecule has 116 valence electrons. The normalized spacial score (nSPS) is 47.5. The van der Waals surface area contributed by atoms with Gasteiger partial charge in [0.15, 0.2) is 0 Å². The maximum atomic E-state index is 12.1. The van der Waals surface area contributed by atoms with Gasteiger partial charge in [-0.05, 0) is 0 Å². The number of carbonyl (C=O) groups excluding carboxylic acids is 2. The molecule has 2 saturated heterocycles. The van der Waals surface area contributed by atoms with Gasteiger partial charge in [-0.25, -0.2) is 0 Å². The number of alkyl halides is 2. The van der Waals surface area contributed by atoms with Gasteiger partial charge in [0.2, 0.25) is 0 Å². The molecule has 2 aliphatic heterocycles. The first-order valence-corrected chi connectivity index (χ1v) is 10.2. The molecule has 0 amide bonds. The van der Waals surface area contributed by atoms with E-state index in [1.54, 1.807) is 0 Å². The molecule has 9 heteroatoms. The molecule has 0 spiro atoms. The Labute approximate surface area is 144 Å². The first-order chi connectivity index (χ1) is 9.95. The van der Waals surface area contributed by atoms with Crippen molar-refractivity contribution in [3.63, 3.8) is 0 Å². The van der Waals surface area contributed by atoms with Crippen LogP contribution < -0.4 is 25.0 Å². The molecule has 2 heterocycles. The van der Waals surface area contributed by atoms with Crippen LogP contribution in [-0.2, 0) is 23.9 Å². The summed E-state index contributed by atoms with van der Waals surface area (Å²) in [5, 5.41) is 9.41. The van der Waals surface area contributed by atoms with Crippen molar-refractivity contribution >= 4 is 40.5 Å². The summed E-state index contributed by atoms with van der Waals surface area (Å²) in [6.45, 7) is 0. The molecule has 0 aromatic rings. The number of ether oxygens (including phenoxy) is 2. The molecule has 7 nitrogen and oxygen atoms in total. The molecule has 4 rings (SSSR count). The zero-order valence-corrected chi connectivity index (χ0v) is 14.9. The molecule has 2 N–H and O–H groups in total. The van der Waals surface area contributed by atoms with E-state index in [0.29, 0.717) is 6.42 Å². The van der Waals surface area contributed by atoms with E-state index in [4.69, 9.17) is 9.47 Å². The topological polar surface area (TPSA) is 112 Å². The molecule has 4 aliphatic rings. The van der Waals surface area contributed by atoms with Gasteiger partial charge in [-0.3, -0.25) is 0 Å². The summed E-state index contributed by atoms with van der Waals surface area (Å²) in [6.07, 6.45) is -0.250. The molecule has 4 fully saturated rings. The van der Waals surface area contributed by atoms with Crippen LogP contribution in [-0.4, -0.2) is 43.2 Å². The van der Waals surface area contributed by atoms with E-state index in [0.717, 1.165) is 0 Å². The van der Waals surface area contributed by atoms with Crippen molar-refractivity contribution in [3.05, 3.63) is 0 Å². The minimum atomic E-state index is -1.40. The average molecular weight is 520 g/mol. The van der Waals surface area contributed by atoms with Gasteiger partial charge >= 0.3 is 145 Å². The number of fused-ring (bicyclic) bond motifs is 1. The minimum absolute atomic E-state index is 0.0782. The van der Waals surface area contributed by atoms with Crippen LogP contribution in [0.25, 0.3) is 0 Å². The van der Waals surface area contributed by atoms with Crippen molar-refractivity contribution in [1.82, 2.24) is 3.53 Å². The molecule has 0 aromatic heterocycles. The van der Waals surface area contributed by atoms with Gasteiger partial charge in [0, 0.05) is 0 Å². The number of rotatable bonds is 4. The van der Waals surface area contributed by atoms with Gasteiger partial charge in [-0.15, -0.1) is 0 Å². The Morgan fingerprint density at radius 3 is 2.90 bits per heavy atom. The Balaban J connectivity index is 1.53. The van der Waals surface area contributed by atoms with E-state index < -0.39 is 29.6 Å². The fourth-order valence-electron chi connectivity index (χ4n) is 3.91. The second-order valence-electron chi connectivity index (χ2n) is 5.88. The Morgan fingerprint density at radius 2 is 2.29 bits per heavy atom. The molecular weight excluding hydrogens is 508 g/mol. The Morgan fingerprint density at radius 1 is 1.57 bits per heavy atom. The van der Waals surface area contributed by atoms with Gasteiger partial charge in [-0.1, -0.05) is 0 Å². The quantitative estimate of drug-likeness (QED) is 0.0760. The second kappa shape index (κ2) is 4.66. The van der Waals surface area contributed by atoms with Crippen molar-refractivity contribution in [2.24, 2.45) is 17.3 Å². The standard InChI is InChI=1S/C12H12I2NO6/c13-5(8-14-15-8)9(16)20-6-3-1-4-7(6)21-11(19)12(4,2-3)10(17)18/h3-8,15H,1-2H2,(H,17,18)/q-1. The van der Waals surface area contributed by atoms with Gasteiger partial charge < -0.3 is 0 Å². The summed E-state index contributed by atoms with van der Waals surface area (Å²) >= 11 is 1.99. The fourth-order valence-corrected chi connectivity index (χ4v) is 7.02. The third-order valence-corrected chi connectivity index (χ3v) is 9.58. The number of esters is 2. The van der Waals surface area contributed by atoms with Crippen molar-refractivity contribution in [3.8, 4) is 0 Å². The van der Waals surface area contributed by atoms with E-state index in [1.807, 2.05) is 0 Å². The first kappa shape index (κ1) is 14.4. The van der Waals surface area contributed by atoms with Crippen molar-refractivity contribution in [2.45, 2.75) is 33.0 Å². The van der Waals surface area contributed by atoms with Crippen molar-refractivity contribution in [2.75, 3.05) is 0 Å². The molecule has 21 heavy (non-hydrogen) atoms. The summed E-state index contributed by atoms with van der Waals surface area (Å²) < 4.78 is 14.1. The molecule has 0 radical (unpaired) electrons. The first-order valence-electron chi connectivity index (χ1n) is 6.62. The molecule has 7 unspecified atom stereocenters. The van der Waals surface area contributed by atoms with Crippen LogP contribution in [0.2, 0.25) is 0 Å². The van der Waals surface area contributed by atoms with Gasteiger partial charge in [0.05, 0.1) is 0 Å². The van der Waals surface area contributed by atoms with E-state index in [1.165, 1.54) is 0 Å². The zero-order chi connectivity index (χ0) is 14.9. The number of halogens is 2. The molecule has 2 saturated carbocycles. The Bertz CT molecular complexity index is 552. The molecular formula is C12H12I2NO6-. The van der Waals surface area contributed by atoms with Gasteiger partial charge in [0.1, 0.15) is 0 Å². The monoisotopic (exact) mass is 520 g/mol. The molecule has 0 aromatic carbocycles. The SMILES string of the molecule is O=C(OC1C2CC3C1OC(=O)C3(C(=O)O)C2)C(I)C1N[I-]1. The Hall–Kier alpha value is -0.170. The number of carboxylic acids is 1. The van der Waals surface area contributed by atoms with Crippen LogP contribution in [0.5, 0.6) is 0 Å². The third-order valence-electron chi connectivity index (χ3n) is 4.92.